The highest BCUT2D eigenvalue weighted by Crippen LogP contribution is 2.40. The van der Waals surface area contributed by atoms with Crippen LogP contribution in [0.2, 0.25) is 0 Å². The minimum atomic E-state index is -0.570. The molecule has 6 rings (SSSR count). The van der Waals surface area contributed by atoms with E-state index in [1.54, 1.807) is 0 Å². The van der Waals surface area contributed by atoms with Gasteiger partial charge >= 0.3 is 6.09 Å². The lowest BCUT2D eigenvalue weighted by molar-refractivity contribution is 0.0222. The van der Waals surface area contributed by atoms with Gasteiger partial charge in [0.25, 0.3) is 5.91 Å². The molecule has 0 aliphatic carbocycles. The van der Waals surface area contributed by atoms with E-state index in [-0.39, 0.29) is 18.0 Å². The maximum atomic E-state index is 13.4. The van der Waals surface area contributed by atoms with Gasteiger partial charge in [-0.15, -0.1) is 0 Å². The van der Waals surface area contributed by atoms with Crippen LogP contribution in [0.4, 0.5) is 4.79 Å². The highest BCUT2D eigenvalue weighted by Gasteiger charge is 2.36. The van der Waals surface area contributed by atoms with Crippen LogP contribution < -0.4 is 0 Å². The Balaban J connectivity index is 1.43. The van der Waals surface area contributed by atoms with Gasteiger partial charge in [0.15, 0.2) is 0 Å². The second-order valence-corrected chi connectivity index (χ2v) is 12.0. The number of benzene rings is 2. The van der Waals surface area contributed by atoms with E-state index >= 15 is 0 Å². The van der Waals surface area contributed by atoms with E-state index in [9.17, 15) is 9.59 Å². The van der Waals surface area contributed by atoms with Gasteiger partial charge in [-0.3, -0.25) is 4.79 Å². The van der Waals surface area contributed by atoms with Gasteiger partial charge in [-0.25, -0.2) is 9.78 Å². The van der Waals surface area contributed by atoms with E-state index < -0.39 is 5.60 Å². The predicted octanol–water partition coefficient (Wildman–Crippen LogP) is 6.81. The third-order valence-corrected chi connectivity index (χ3v) is 8.00. The monoisotopic (exact) mass is 536 g/mol. The number of pyridine rings is 1. The molecule has 0 saturated carbocycles. The van der Waals surface area contributed by atoms with Crippen LogP contribution in [0.5, 0.6) is 0 Å². The van der Waals surface area contributed by atoms with Crippen molar-refractivity contribution in [1.82, 2.24) is 19.8 Å². The summed E-state index contributed by atoms with van der Waals surface area (Å²) in [6, 6.07) is 16.0. The number of fused-ring (bicyclic) bond motifs is 2. The SMILES string of the molecule is Cc1c[nH]c2ncc(-c3cc4c(c(C5CCCN5C(=O)OC(C)(C)C)c3)CN(C(=O)c3ccccc3)CC4)cc12. The normalized spacial score (nSPS) is 17.2. The van der Waals surface area contributed by atoms with E-state index in [4.69, 9.17) is 4.74 Å². The van der Waals surface area contributed by atoms with Crippen molar-refractivity contribution in [2.24, 2.45) is 0 Å². The Morgan fingerprint density at radius 2 is 1.85 bits per heavy atom. The van der Waals surface area contributed by atoms with Gasteiger partial charge in [0.1, 0.15) is 11.2 Å². The van der Waals surface area contributed by atoms with E-state index in [0.29, 0.717) is 25.2 Å². The third kappa shape index (κ3) is 4.96. The first kappa shape index (κ1) is 26.1. The first-order chi connectivity index (χ1) is 19.2. The summed E-state index contributed by atoms with van der Waals surface area (Å²) in [6.07, 6.45) is 6.13. The number of aromatic nitrogens is 2. The second-order valence-electron chi connectivity index (χ2n) is 12.0. The van der Waals surface area contributed by atoms with Crippen LogP contribution >= 0.6 is 0 Å². The molecule has 2 amide bonds. The number of aromatic amines is 1. The summed E-state index contributed by atoms with van der Waals surface area (Å²) in [5, 5.41) is 1.10. The minimum absolute atomic E-state index is 0.0364. The largest absolute Gasteiger partial charge is 0.444 e. The zero-order chi connectivity index (χ0) is 28.0. The molecular weight excluding hydrogens is 500 g/mol. The van der Waals surface area contributed by atoms with Crippen molar-refractivity contribution in [2.75, 3.05) is 13.1 Å². The summed E-state index contributed by atoms with van der Waals surface area (Å²) in [7, 11) is 0. The number of aryl methyl sites for hydroxylation is 1. The molecule has 1 fully saturated rings. The summed E-state index contributed by atoms with van der Waals surface area (Å²) in [6.45, 7) is 9.61. The summed E-state index contributed by atoms with van der Waals surface area (Å²) >= 11 is 0. The highest BCUT2D eigenvalue weighted by atomic mass is 16.6. The van der Waals surface area contributed by atoms with Gasteiger partial charge in [-0.2, -0.15) is 0 Å². The Bertz CT molecular complexity index is 1580. The number of carbonyl (C=O) groups is 2. The van der Waals surface area contributed by atoms with Crippen molar-refractivity contribution in [1.29, 1.82) is 0 Å². The number of amides is 2. The predicted molar refractivity (Wildman–Crippen MR) is 156 cm³/mol. The lowest BCUT2D eigenvalue weighted by atomic mass is 9.86. The highest BCUT2D eigenvalue weighted by molar-refractivity contribution is 5.94. The Labute approximate surface area is 235 Å². The van der Waals surface area contributed by atoms with Crippen LogP contribution in [0.3, 0.4) is 0 Å². The van der Waals surface area contributed by atoms with Gasteiger partial charge in [0.05, 0.1) is 6.04 Å². The first-order valence-electron chi connectivity index (χ1n) is 14.1. The molecule has 7 nitrogen and oxygen atoms in total. The summed E-state index contributed by atoms with van der Waals surface area (Å²) < 4.78 is 5.81. The number of nitrogens with one attached hydrogen (secondary N) is 1. The summed E-state index contributed by atoms with van der Waals surface area (Å²) in [4.78, 5) is 38.4. The fraction of sp³-hybridized carbons (Fsp3) is 0.364. The molecule has 0 bridgehead atoms. The molecule has 4 heterocycles. The molecule has 0 spiro atoms. The fourth-order valence-corrected chi connectivity index (χ4v) is 6.02. The van der Waals surface area contributed by atoms with Crippen LogP contribution in [-0.2, 0) is 17.7 Å². The molecule has 1 N–H and O–H groups in total. The molecule has 0 radical (unpaired) electrons. The molecule has 4 aromatic rings. The number of carbonyl (C=O) groups excluding carboxylic acids is 2. The standard InChI is InChI=1S/C33H36N4O3/c1-21-18-34-30-26(21)17-25(19-35-30)24-15-23-12-14-36(31(38)22-9-6-5-7-10-22)20-28(23)27(16-24)29-11-8-13-37(29)32(39)40-33(2,3)4/h5-7,9-10,15-19,29H,8,11-14,20H2,1-4H3,(H,34,35). The second kappa shape index (κ2) is 10.1. The molecule has 1 saturated heterocycles. The van der Waals surface area contributed by atoms with Crippen LogP contribution in [0.25, 0.3) is 22.2 Å². The lowest BCUT2D eigenvalue weighted by Crippen LogP contribution is -2.39. The van der Waals surface area contributed by atoms with Crippen molar-refractivity contribution < 1.29 is 14.3 Å². The van der Waals surface area contributed by atoms with Gasteiger partial charge in [-0.1, -0.05) is 24.3 Å². The molecule has 7 heteroatoms. The van der Waals surface area contributed by atoms with Crippen molar-refractivity contribution >= 4 is 23.0 Å². The van der Waals surface area contributed by atoms with Crippen LogP contribution in [-0.4, -0.2) is 50.5 Å². The van der Waals surface area contributed by atoms with Crippen molar-refractivity contribution in [3.05, 3.63) is 88.7 Å². The number of H-pyrrole nitrogens is 1. The number of likely N-dealkylation sites (tertiary alicyclic amines) is 1. The van der Waals surface area contributed by atoms with Crippen LogP contribution in [0.1, 0.15) is 72.3 Å². The molecule has 40 heavy (non-hydrogen) atoms. The van der Waals surface area contributed by atoms with E-state index in [1.165, 1.54) is 5.56 Å². The fourth-order valence-electron chi connectivity index (χ4n) is 6.02. The van der Waals surface area contributed by atoms with Crippen LogP contribution in [0.15, 0.2) is 60.9 Å². The lowest BCUT2D eigenvalue weighted by Gasteiger charge is -2.35. The van der Waals surface area contributed by atoms with E-state index in [0.717, 1.165) is 58.1 Å². The summed E-state index contributed by atoms with van der Waals surface area (Å²) in [5.41, 5.74) is 7.77. The maximum Gasteiger partial charge on any atom is 0.410 e. The van der Waals surface area contributed by atoms with Gasteiger partial charge in [0.2, 0.25) is 0 Å². The number of hydrogen-bond donors (Lipinski definition) is 1. The quantitative estimate of drug-likeness (QED) is 0.312. The Morgan fingerprint density at radius 3 is 2.62 bits per heavy atom. The molecule has 1 unspecified atom stereocenters. The Hall–Kier alpha value is -4.13. The average Bonchev–Trinajstić information content (AvgIpc) is 3.58. The van der Waals surface area contributed by atoms with E-state index in [2.05, 4.69) is 35.1 Å². The van der Waals surface area contributed by atoms with Gasteiger partial charge in [0, 0.05) is 48.5 Å². The summed E-state index contributed by atoms with van der Waals surface area (Å²) in [5.74, 6) is 0.0364. The van der Waals surface area contributed by atoms with Crippen molar-refractivity contribution in [3.63, 3.8) is 0 Å². The zero-order valence-corrected chi connectivity index (χ0v) is 23.7. The molecule has 2 aromatic carbocycles. The molecule has 1 atom stereocenters. The molecule has 2 aliphatic heterocycles. The van der Waals surface area contributed by atoms with Gasteiger partial charge in [-0.05, 0) is 99.0 Å². The zero-order valence-electron chi connectivity index (χ0n) is 23.7. The topological polar surface area (TPSA) is 78.5 Å². The van der Waals surface area contributed by atoms with Crippen molar-refractivity contribution in [2.45, 2.75) is 65.1 Å². The smallest absolute Gasteiger partial charge is 0.410 e. The third-order valence-electron chi connectivity index (χ3n) is 8.00. The number of rotatable bonds is 3. The average molecular weight is 537 g/mol. The number of nitrogens with zero attached hydrogens (tertiary/aromatic N) is 3. The first-order valence-corrected chi connectivity index (χ1v) is 14.1. The van der Waals surface area contributed by atoms with Crippen molar-refractivity contribution in [3.8, 4) is 11.1 Å². The maximum absolute atomic E-state index is 13.4. The van der Waals surface area contributed by atoms with Gasteiger partial charge < -0.3 is 19.5 Å². The number of ether oxygens (including phenoxy) is 1. The minimum Gasteiger partial charge on any atom is -0.444 e. The Morgan fingerprint density at radius 1 is 1.05 bits per heavy atom. The molecule has 2 aliphatic rings. The number of hydrogen-bond acceptors (Lipinski definition) is 4. The molecule has 206 valence electrons. The van der Waals surface area contributed by atoms with E-state index in [1.807, 2.05) is 73.3 Å². The molecular formula is C33H36N4O3. The van der Waals surface area contributed by atoms with Crippen LogP contribution in [0, 0.1) is 6.92 Å². The Kier molecular flexibility index (Phi) is 6.61. The molecule has 2 aromatic heterocycles.